The van der Waals surface area contributed by atoms with Crippen LogP contribution >= 0.6 is 0 Å². The lowest BCUT2D eigenvalue weighted by molar-refractivity contribution is -0.125. The molecule has 0 bridgehead atoms. The number of amides is 2. The highest BCUT2D eigenvalue weighted by molar-refractivity contribution is 5.94. The van der Waals surface area contributed by atoms with E-state index in [0.717, 1.165) is 5.69 Å². The van der Waals surface area contributed by atoms with Crippen molar-refractivity contribution >= 4 is 17.5 Å². The number of carbonyl (C=O) groups excluding carboxylic acids is 2. The second-order valence-electron chi connectivity index (χ2n) is 6.00. The van der Waals surface area contributed by atoms with Crippen LogP contribution in [0.5, 0.6) is 0 Å². The molecule has 0 aliphatic carbocycles. The molecule has 0 aromatic heterocycles. The topological polar surface area (TPSA) is 102 Å². The van der Waals surface area contributed by atoms with Gasteiger partial charge < -0.3 is 15.5 Å². The first kappa shape index (κ1) is 16.3. The molecule has 0 spiro atoms. The Morgan fingerprint density at radius 3 is 2.55 bits per heavy atom. The van der Waals surface area contributed by atoms with Crippen molar-refractivity contribution in [1.29, 1.82) is 0 Å². The second-order valence-corrected chi connectivity index (χ2v) is 6.00. The van der Waals surface area contributed by atoms with Crippen LogP contribution < -0.4 is 15.8 Å². The Bertz CT molecular complexity index is 556. The number of benzene rings is 1. The highest BCUT2D eigenvalue weighted by Crippen LogP contribution is 2.26. The fraction of sp³-hybridized carbons (Fsp3) is 0.467. The van der Waals surface area contributed by atoms with Gasteiger partial charge in [0.1, 0.15) is 0 Å². The predicted molar refractivity (Wildman–Crippen MR) is 81.1 cm³/mol. The van der Waals surface area contributed by atoms with Crippen molar-refractivity contribution in [2.45, 2.75) is 20.0 Å². The van der Waals surface area contributed by atoms with E-state index in [-0.39, 0.29) is 18.4 Å². The van der Waals surface area contributed by atoms with E-state index >= 15 is 0 Å². The van der Waals surface area contributed by atoms with Crippen LogP contribution in [0.3, 0.4) is 0 Å². The zero-order valence-electron chi connectivity index (χ0n) is 12.7. The van der Waals surface area contributed by atoms with Gasteiger partial charge in [0.05, 0.1) is 30.4 Å². The molecule has 120 valence electrons. The summed E-state index contributed by atoms with van der Waals surface area (Å²) in [5.74, 6) is -0.364. The quantitative estimate of drug-likeness (QED) is 0.595. The normalized spacial score (nSPS) is 18.0. The van der Waals surface area contributed by atoms with E-state index in [1.165, 1.54) is 0 Å². The van der Waals surface area contributed by atoms with Gasteiger partial charge in [-0.1, -0.05) is 0 Å². The number of nitrogens with zero attached hydrogens (tertiary/aromatic N) is 1. The maximum absolute atomic E-state index is 11.9. The third-order valence-corrected chi connectivity index (χ3v) is 3.55. The molecule has 1 unspecified atom stereocenters. The van der Waals surface area contributed by atoms with E-state index in [1.807, 2.05) is 13.8 Å². The number of nitrogens with one attached hydrogen (secondary N) is 2. The number of hydrazine groups is 1. The first-order valence-electron chi connectivity index (χ1n) is 7.09. The maximum atomic E-state index is 11.9. The first-order chi connectivity index (χ1) is 10.3. The minimum Gasteiger partial charge on any atom is -0.394 e. The van der Waals surface area contributed by atoms with Crippen LogP contribution in [-0.4, -0.2) is 47.8 Å². The van der Waals surface area contributed by atoms with Crippen LogP contribution in [0.15, 0.2) is 24.3 Å². The van der Waals surface area contributed by atoms with E-state index < -0.39 is 18.1 Å². The van der Waals surface area contributed by atoms with Crippen molar-refractivity contribution in [3.05, 3.63) is 29.8 Å². The number of anilines is 1. The number of aliphatic hydroxyl groups excluding tert-OH is 2. The van der Waals surface area contributed by atoms with Gasteiger partial charge in [-0.05, 0) is 38.1 Å². The SMILES string of the molecule is CC1(C)CN(c2ccc(C(=O)NCC(O)CO)cc2)NC1=O. The third kappa shape index (κ3) is 3.55. The van der Waals surface area contributed by atoms with E-state index in [1.54, 1.807) is 29.3 Å². The molecule has 1 aliphatic heterocycles. The van der Waals surface area contributed by atoms with Crippen LogP contribution in [0.2, 0.25) is 0 Å². The van der Waals surface area contributed by atoms with Crippen molar-refractivity contribution in [3.63, 3.8) is 0 Å². The van der Waals surface area contributed by atoms with E-state index in [2.05, 4.69) is 10.7 Å². The van der Waals surface area contributed by atoms with Gasteiger partial charge >= 0.3 is 0 Å². The molecule has 1 aliphatic rings. The Morgan fingerprint density at radius 1 is 1.41 bits per heavy atom. The van der Waals surface area contributed by atoms with Crippen LogP contribution in [0.25, 0.3) is 0 Å². The number of rotatable bonds is 5. The highest BCUT2D eigenvalue weighted by atomic mass is 16.3. The van der Waals surface area contributed by atoms with Gasteiger partial charge in [0.15, 0.2) is 0 Å². The lowest BCUT2D eigenvalue weighted by Crippen LogP contribution is -2.34. The smallest absolute Gasteiger partial charge is 0.251 e. The molecular formula is C15H21N3O4. The lowest BCUT2D eigenvalue weighted by atomic mass is 9.94. The summed E-state index contributed by atoms with van der Waals surface area (Å²) in [4.78, 5) is 23.6. The summed E-state index contributed by atoms with van der Waals surface area (Å²) in [6.45, 7) is 3.89. The molecule has 1 saturated heterocycles. The number of hydrogen-bond donors (Lipinski definition) is 4. The minimum absolute atomic E-state index is 0.00649. The van der Waals surface area contributed by atoms with Gasteiger partial charge in [0.2, 0.25) is 5.91 Å². The highest BCUT2D eigenvalue weighted by Gasteiger charge is 2.38. The van der Waals surface area contributed by atoms with Gasteiger partial charge in [0.25, 0.3) is 5.91 Å². The lowest BCUT2D eigenvalue weighted by Gasteiger charge is -2.19. The summed E-state index contributed by atoms with van der Waals surface area (Å²) in [7, 11) is 0. The molecule has 0 radical (unpaired) electrons. The minimum atomic E-state index is -0.967. The van der Waals surface area contributed by atoms with Gasteiger partial charge in [-0.15, -0.1) is 0 Å². The zero-order valence-corrected chi connectivity index (χ0v) is 12.7. The molecule has 1 atom stereocenters. The summed E-state index contributed by atoms with van der Waals surface area (Å²) < 4.78 is 0. The van der Waals surface area contributed by atoms with Gasteiger partial charge in [-0.3, -0.25) is 20.0 Å². The Balaban J connectivity index is 1.99. The van der Waals surface area contributed by atoms with Gasteiger partial charge in [-0.2, -0.15) is 0 Å². The molecule has 1 fully saturated rings. The Kier molecular flexibility index (Phi) is 4.68. The summed E-state index contributed by atoms with van der Waals surface area (Å²) in [5, 5.41) is 22.2. The van der Waals surface area contributed by atoms with Crippen molar-refractivity contribution in [1.82, 2.24) is 10.7 Å². The van der Waals surface area contributed by atoms with Gasteiger partial charge in [-0.25, -0.2) is 0 Å². The molecule has 1 aromatic carbocycles. The molecular weight excluding hydrogens is 286 g/mol. The van der Waals surface area contributed by atoms with Crippen molar-refractivity contribution < 1.29 is 19.8 Å². The van der Waals surface area contributed by atoms with E-state index in [0.29, 0.717) is 12.1 Å². The Morgan fingerprint density at radius 2 is 2.05 bits per heavy atom. The van der Waals surface area contributed by atoms with E-state index in [4.69, 9.17) is 5.11 Å². The van der Waals surface area contributed by atoms with Crippen molar-refractivity contribution in [2.75, 3.05) is 24.7 Å². The standard InChI is InChI=1S/C15H21N3O4/c1-15(2)9-18(17-14(15)22)11-5-3-10(4-6-11)13(21)16-7-12(20)8-19/h3-6,12,19-20H,7-9H2,1-2H3,(H,16,21)(H,17,22). The Labute approximate surface area is 128 Å². The fourth-order valence-corrected chi connectivity index (χ4v) is 2.11. The molecule has 2 rings (SSSR count). The maximum Gasteiger partial charge on any atom is 0.251 e. The monoisotopic (exact) mass is 307 g/mol. The average Bonchev–Trinajstić information content (AvgIpc) is 2.78. The molecule has 0 saturated carbocycles. The predicted octanol–water partition coefficient (Wildman–Crippen LogP) is -0.353. The third-order valence-electron chi connectivity index (χ3n) is 3.55. The van der Waals surface area contributed by atoms with Crippen LogP contribution in [-0.2, 0) is 4.79 Å². The van der Waals surface area contributed by atoms with Crippen molar-refractivity contribution in [3.8, 4) is 0 Å². The number of carbonyl (C=O) groups is 2. The summed E-state index contributed by atoms with van der Waals surface area (Å²) in [6, 6.07) is 6.79. The molecule has 1 heterocycles. The zero-order chi connectivity index (χ0) is 16.3. The molecule has 4 N–H and O–H groups in total. The average molecular weight is 307 g/mol. The van der Waals surface area contributed by atoms with Crippen LogP contribution in [0.4, 0.5) is 5.69 Å². The molecule has 7 nitrogen and oxygen atoms in total. The first-order valence-corrected chi connectivity index (χ1v) is 7.09. The summed E-state index contributed by atoms with van der Waals surface area (Å²) >= 11 is 0. The second kappa shape index (κ2) is 6.33. The van der Waals surface area contributed by atoms with Crippen molar-refractivity contribution in [2.24, 2.45) is 5.41 Å². The van der Waals surface area contributed by atoms with Crippen LogP contribution in [0, 0.1) is 5.41 Å². The fourth-order valence-electron chi connectivity index (χ4n) is 2.11. The summed E-state index contributed by atoms with van der Waals surface area (Å²) in [6.07, 6.45) is -0.967. The number of hydrogen-bond acceptors (Lipinski definition) is 5. The number of aliphatic hydroxyl groups is 2. The van der Waals surface area contributed by atoms with Gasteiger partial charge in [0, 0.05) is 12.1 Å². The molecule has 2 amide bonds. The largest absolute Gasteiger partial charge is 0.394 e. The molecule has 22 heavy (non-hydrogen) atoms. The summed E-state index contributed by atoms with van der Waals surface area (Å²) in [5.41, 5.74) is 3.58. The Hall–Kier alpha value is -2.12. The molecule has 1 aromatic rings. The van der Waals surface area contributed by atoms with E-state index in [9.17, 15) is 14.7 Å². The molecule has 7 heteroatoms. The van der Waals surface area contributed by atoms with Crippen LogP contribution in [0.1, 0.15) is 24.2 Å².